The fourth-order valence-electron chi connectivity index (χ4n) is 5.50. The topological polar surface area (TPSA) is 65.1 Å². The van der Waals surface area contributed by atoms with Gasteiger partial charge in [-0.05, 0) is 55.4 Å². The minimum atomic E-state index is -4.55. The number of likely N-dealkylation sites (tertiary alicyclic amines) is 2. The lowest BCUT2D eigenvalue weighted by atomic mass is 9.56. The van der Waals surface area contributed by atoms with E-state index in [9.17, 15) is 22.4 Å². The van der Waals surface area contributed by atoms with Crippen molar-refractivity contribution in [3.05, 3.63) is 47.3 Å². The lowest BCUT2D eigenvalue weighted by Crippen LogP contribution is -2.65. The van der Waals surface area contributed by atoms with Crippen molar-refractivity contribution in [2.24, 2.45) is 11.3 Å². The van der Waals surface area contributed by atoms with Gasteiger partial charge < -0.3 is 9.80 Å². The number of hydrogen-bond donors (Lipinski definition) is 1. The molecule has 1 N–H and O–H groups in total. The van der Waals surface area contributed by atoms with Gasteiger partial charge in [0.1, 0.15) is 18.0 Å². The number of H-pyrrole nitrogens is 1. The first-order valence-electron chi connectivity index (χ1n) is 10.5. The monoisotopic (exact) mass is 437 g/mol. The standard InChI is InChI=1S/C21H23F4N5O/c22-17-5-13(4-16(6-17)21(23,24)25)3-14-7-20(8-14)10-30(11-20)19(31)29-2-1-15(9-29)18-26-12-27-28-18/h4-6,12,14-15H,1-3,7-11H2,(H,26,27,28)/t15-/m0/s1. The Bertz CT molecular complexity index is 963. The molecule has 2 amide bonds. The van der Waals surface area contributed by atoms with E-state index in [1.54, 1.807) is 0 Å². The molecule has 0 bridgehead atoms. The van der Waals surface area contributed by atoms with Crippen LogP contribution in [0.4, 0.5) is 22.4 Å². The Kier molecular flexibility index (Phi) is 4.71. The minimum Gasteiger partial charge on any atom is -0.324 e. The summed E-state index contributed by atoms with van der Waals surface area (Å²) in [6.45, 7) is 2.68. The van der Waals surface area contributed by atoms with Crippen LogP contribution in [0, 0.1) is 17.2 Å². The Hall–Kier alpha value is -2.65. The van der Waals surface area contributed by atoms with E-state index in [0.29, 0.717) is 44.2 Å². The second-order valence-corrected chi connectivity index (χ2v) is 9.27. The quantitative estimate of drug-likeness (QED) is 0.743. The van der Waals surface area contributed by atoms with E-state index in [0.717, 1.165) is 31.2 Å². The third-order valence-electron chi connectivity index (χ3n) is 6.85. The summed E-state index contributed by atoms with van der Waals surface area (Å²) in [5.41, 5.74) is -0.481. The Labute approximate surface area is 176 Å². The van der Waals surface area contributed by atoms with E-state index in [1.165, 1.54) is 12.4 Å². The zero-order chi connectivity index (χ0) is 21.8. The molecule has 3 heterocycles. The molecule has 1 atom stereocenters. The second-order valence-electron chi connectivity index (χ2n) is 9.27. The number of nitrogens with one attached hydrogen (secondary N) is 1. The summed E-state index contributed by atoms with van der Waals surface area (Å²) in [5.74, 6) is 0.363. The molecular formula is C21H23F4N5O. The van der Waals surface area contributed by atoms with Crippen molar-refractivity contribution in [1.29, 1.82) is 0 Å². The molecule has 10 heteroatoms. The molecular weight excluding hydrogens is 414 g/mol. The van der Waals surface area contributed by atoms with Crippen molar-refractivity contribution in [2.45, 2.75) is 37.8 Å². The maximum atomic E-state index is 13.6. The number of carbonyl (C=O) groups excluding carboxylic acids is 1. The molecule has 1 spiro atoms. The number of halogens is 4. The van der Waals surface area contributed by atoms with E-state index in [4.69, 9.17) is 0 Å². The largest absolute Gasteiger partial charge is 0.416 e. The van der Waals surface area contributed by atoms with E-state index in [2.05, 4.69) is 15.2 Å². The average molecular weight is 437 g/mol. The van der Waals surface area contributed by atoms with Crippen molar-refractivity contribution in [1.82, 2.24) is 25.0 Å². The van der Waals surface area contributed by atoms with Crippen LogP contribution in [0.15, 0.2) is 24.5 Å². The predicted molar refractivity (Wildman–Crippen MR) is 103 cm³/mol. The highest BCUT2D eigenvalue weighted by molar-refractivity contribution is 5.76. The number of nitrogens with zero attached hydrogens (tertiary/aromatic N) is 4. The number of rotatable bonds is 3. The third-order valence-corrected chi connectivity index (χ3v) is 6.85. The molecule has 166 valence electrons. The van der Waals surface area contributed by atoms with Gasteiger partial charge in [0.25, 0.3) is 0 Å². The number of aromatic amines is 1. The van der Waals surface area contributed by atoms with E-state index in [-0.39, 0.29) is 23.3 Å². The third kappa shape index (κ3) is 3.87. The van der Waals surface area contributed by atoms with Gasteiger partial charge in [-0.1, -0.05) is 0 Å². The zero-order valence-electron chi connectivity index (χ0n) is 16.8. The van der Waals surface area contributed by atoms with Gasteiger partial charge in [0, 0.05) is 37.5 Å². The van der Waals surface area contributed by atoms with Crippen LogP contribution in [0.25, 0.3) is 0 Å². The minimum absolute atomic E-state index is 0.0380. The first kappa shape index (κ1) is 20.3. The number of amides is 2. The summed E-state index contributed by atoms with van der Waals surface area (Å²) in [4.78, 5) is 20.6. The lowest BCUT2D eigenvalue weighted by Gasteiger charge is -2.59. The Morgan fingerprint density at radius 3 is 2.65 bits per heavy atom. The molecule has 1 aromatic carbocycles. The van der Waals surface area contributed by atoms with Crippen LogP contribution >= 0.6 is 0 Å². The molecule has 2 saturated heterocycles. The normalized spacial score (nSPS) is 23.2. The molecule has 0 unspecified atom stereocenters. The van der Waals surface area contributed by atoms with Gasteiger partial charge in [-0.2, -0.15) is 18.3 Å². The summed E-state index contributed by atoms with van der Waals surface area (Å²) in [5, 5.41) is 6.74. The molecule has 31 heavy (non-hydrogen) atoms. The molecule has 0 radical (unpaired) electrons. The predicted octanol–water partition coefficient (Wildman–Crippen LogP) is 3.83. The van der Waals surface area contributed by atoms with E-state index >= 15 is 0 Å². The molecule has 6 nitrogen and oxygen atoms in total. The number of alkyl halides is 3. The van der Waals surface area contributed by atoms with Gasteiger partial charge in [-0.3, -0.25) is 5.10 Å². The number of urea groups is 1. The fraction of sp³-hybridized carbons (Fsp3) is 0.571. The van der Waals surface area contributed by atoms with Crippen molar-refractivity contribution in [2.75, 3.05) is 26.2 Å². The van der Waals surface area contributed by atoms with Crippen LogP contribution < -0.4 is 0 Å². The summed E-state index contributed by atoms with van der Waals surface area (Å²) in [6, 6.07) is 2.81. The number of aromatic nitrogens is 3. The molecule has 2 aliphatic heterocycles. The fourth-order valence-corrected chi connectivity index (χ4v) is 5.50. The van der Waals surface area contributed by atoms with E-state index < -0.39 is 17.6 Å². The van der Waals surface area contributed by atoms with E-state index in [1.807, 2.05) is 9.80 Å². The van der Waals surface area contributed by atoms with Crippen LogP contribution in [-0.2, 0) is 12.6 Å². The molecule has 3 fully saturated rings. The summed E-state index contributed by atoms with van der Waals surface area (Å²) in [6.07, 6.45) is -0.0734. The Morgan fingerprint density at radius 2 is 1.97 bits per heavy atom. The SMILES string of the molecule is O=C(N1CC[C@H](c2ncn[nH]2)C1)N1CC2(CC(Cc3cc(F)cc(C(F)(F)F)c3)C2)C1. The molecule has 1 aromatic heterocycles. The Balaban J connectivity index is 1.11. The molecule has 1 aliphatic carbocycles. The maximum absolute atomic E-state index is 13.6. The van der Waals surface area contributed by atoms with Crippen LogP contribution in [0.5, 0.6) is 0 Å². The van der Waals surface area contributed by atoms with Crippen molar-refractivity contribution < 1.29 is 22.4 Å². The van der Waals surface area contributed by atoms with Gasteiger partial charge in [-0.25, -0.2) is 14.2 Å². The van der Waals surface area contributed by atoms with Crippen molar-refractivity contribution >= 4 is 6.03 Å². The van der Waals surface area contributed by atoms with Crippen LogP contribution in [-0.4, -0.2) is 57.2 Å². The summed E-state index contributed by atoms with van der Waals surface area (Å²) >= 11 is 0. The first-order chi connectivity index (χ1) is 14.7. The van der Waals surface area contributed by atoms with Crippen LogP contribution in [0.2, 0.25) is 0 Å². The van der Waals surface area contributed by atoms with Crippen molar-refractivity contribution in [3.8, 4) is 0 Å². The molecule has 2 aromatic rings. The maximum Gasteiger partial charge on any atom is 0.416 e. The molecule has 3 aliphatic rings. The highest BCUT2D eigenvalue weighted by Crippen LogP contribution is 2.53. The zero-order valence-corrected chi connectivity index (χ0v) is 16.8. The van der Waals surface area contributed by atoms with Gasteiger partial charge in [-0.15, -0.1) is 0 Å². The number of carbonyl (C=O) groups is 1. The first-order valence-corrected chi connectivity index (χ1v) is 10.5. The van der Waals surface area contributed by atoms with Gasteiger partial charge in [0.2, 0.25) is 0 Å². The molecule has 5 rings (SSSR count). The summed E-state index contributed by atoms with van der Waals surface area (Å²) < 4.78 is 52.3. The Morgan fingerprint density at radius 1 is 1.19 bits per heavy atom. The number of hydrogen-bond acceptors (Lipinski definition) is 3. The number of benzene rings is 1. The highest BCUT2D eigenvalue weighted by Gasteiger charge is 2.54. The van der Waals surface area contributed by atoms with Gasteiger partial charge >= 0.3 is 12.2 Å². The van der Waals surface area contributed by atoms with Gasteiger partial charge in [0.05, 0.1) is 5.56 Å². The smallest absolute Gasteiger partial charge is 0.324 e. The molecule has 1 saturated carbocycles. The highest BCUT2D eigenvalue weighted by atomic mass is 19.4. The van der Waals surface area contributed by atoms with Crippen LogP contribution in [0.1, 0.15) is 42.1 Å². The van der Waals surface area contributed by atoms with Crippen molar-refractivity contribution in [3.63, 3.8) is 0 Å². The lowest BCUT2D eigenvalue weighted by molar-refractivity contribution is -0.137. The van der Waals surface area contributed by atoms with Crippen LogP contribution in [0.3, 0.4) is 0 Å². The van der Waals surface area contributed by atoms with Gasteiger partial charge in [0.15, 0.2) is 0 Å². The second kappa shape index (κ2) is 7.20. The summed E-state index contributed by atoms with van der Waals surface area (Å²) in [7, 11) is 0. The average Bonchev–Trinajstić information content (AvgIpc) is 3.31.